The van der Waals surface area contributed by atoms with Crippen molar-refractivity contribution in [1.82, 2.24) is 19.7 Å². The lowest BCUT2D eigenvalue weighted by molar-refractivity contribution is 0.102. The molecule has 0 saturated carbocycles. The second-order valence-corrected chi connectivity index (χ2v) is 7.58. The zero-order valence-corrected chi connectivity index (χ0v) is 18.1. The summed E-state index contributed by atoms with van der Waals surface area (Å²) >= 11 is 12.0. The van der Waals surface area contributed by atoms with Crippen molar-refractivity contribution in [2.75, 3.05) is 5.32 Å². The minimum absolute atomic E-state index is 0.184. The normalized spacial score (nSPS) is 10.7. The second-order valence-electron chi connectivity index (χ2n) is 6.74. The molecule has 0 fully saturated rings. The molecule has 0 aliphatic heterocycles. The molecule has 1 amide bonds. The number of nitrogens with zero attached hydrogens (tertiary/aromatic N) is 4. The topological polar surface area (TPSA) is 81.9 Å². The van der Waals surface area contributed by atoms with Crippen LogP contribution < -0.4 is 10.1 Å². The summed E-state index contributed by atoms with van der Waals surface area (Å²) in [7, 11) is 0. The highest BCUT2D eigenvalue weighted by molar-refractivity contribution is 6.35. The summed E-state index contributed by atoms with van der Waals surface area (Å²) in [6.07, 6.45) is 2.93. The standard InChI is InChI=1S/C22H17Cl2N5O2/c1-13-9-14(2)29(28-13)20-8-7-15(11-25-20)21(30)27-18-5-3-4-6-19(18)31-22-17(24)10-16(23)12-26-22/h3-12H,1-2H3,(H,27,30). The van der Waals surface area contributed by atoms with E-state index in [1.54, 1.807) is 41.1 Å². The molecule has 4 rings (SSSR count). The number of hydrogen-bond acceptors (Lipinski definition) is 5. The van der Waals surface area contributed by atoms with Crippen LogP contribution in [0.25, 0.3) is 5.82 Å². The number of aromatic nitrogens is 4. The van der Waals surface area contributed by atoms with Crippen LogP contribution in [0.1, 0.15) is 21.7 Å². The third-order valence-electron chi connectivity index (χ3n) is 4.35. The quantitative estimate of drug-likeness (QED) is 0.423. The number of carbonyl (C=O) groups is 1. The molecule has 9 heteroatoms. The van der Waals surface area contributed by atoms with Crippen LogP contribution in [0.3, 0.4) is 0 Å². The average Bonchev–Trinajstić information content (AvgIpc) is 3.09. The maximum Gasteiger partial charge on any atom is 0.257 e. The Hall–Kier alpha value is -3.42. The highest BCUT2D eigenvalue weighted by Crippen LogP contribution is 2.33. The lowest BCUT2D eigenvalue weighted by Gasteiger charge is -2.12. The number of carbonyl (C=O) groups excluding carboxylic acids is 1. The highest BCUT2D eigenvalue weighted by Gasteiger charge is 2.14. The minimum Gasteiger partial charge on any atom is -0.435 e. The third kappa shape index (κ3) is 4.68. The summed E-state index contributed by atoms with van der Waals surface area (Å²) < 4.78 is 7.51. The van der Waals surface area contributed by atoms with Gasteiger partial charge in [-0.2, -0.15) is 5.10 Å². The number of amides is 1. The number of benzene rings is 1. The molecule has 4 aromatic rings. The molecule has 0 aliphatic rings. The van der Waals surface area contributed by atoms with Gasteiger partial charge < -0.3 is 10.1 Å². The summed E-state index contributed by atoms with van der Waals surface area (Å²) in [6.45, 7) is 3.86. The van der Waals surface area contributed by atoms with Crippen molar-refractivity contribution >= 4 is 34.8 Å². The number of aryl methyl sites for hydroxylation is 2. The lowest BCUT2D eigenvalue weighted by Crippen LogP contribution is -2.13. The molecule has 3 aromatic heterocycles. The molecule has 0 saturated heterocycles. The zero-order valence-electron chi connectivity index (χ0n) is 16.6. The first-order valence-corrected chi connectivity index (χ1v) is 10.1. The molecule has 0 atom stereocenters. The van der Waals surface area contributed by atoms with Crippen LogP contribution in [0.4, 0.5) is 5.69 Å². The monoisotopic (exact) mass is 453 g/mol. The SMILES string of the molecule is Cc1cc(C)n(-c2ccc(C(=O)Nc3ccccc3Oc3ncc(Cl)cc3Cl)cn2)n1. The molecule has 31 heavy (non-hydrogen) atoms. The first-order valence-electron chi connectivity index (χ1n) is 9.29. The van der Waals surface area contributed by atoms with Gasteiger partial charge in [0.25, 0.3) is 5.91 Å². The molecule has 1 aromatic carbocycles. The maximum atomic E-state index is 12.8. The summed E-state index contributed by atoms with van der Waals surface area (Å²) in [5, 5.41) is 7.89. The number of rotatable bonds is 5. The minimum atomic E-state index is -0.335. The Kier molecular flexibility index (Phi) is 5.88. The first-order chi connectivity index (χ1) is 14.9. The number of ether oxygens (including phenoxy) is 1. The highest BCUT2D eigenvalue weighted by atomic mass is 35.5. The van der Waals surface area contributed by atoms with Gasteiger partial charge in [0.15, 0.2) is 11.6 Å². The van der Waals surface area contributed by atoms with Crippen molar-refractivity contribution in [1.29, 1.82) is 0 Å². The van der Waals surface area contributed by atoms with Crippen LogP contribution in [0.2, 0.25) is 10.0 Å². The summed E-state index contributed by atoms with van der Waals surface area (Å²) in [6, 6.07) is 13.9. The summed E-state index contributed by atoms with van der Waals surface area (Å²) in [4.78, 5) is 21.2. The van der Waals surface area contributed by atoms with E-state index in [2.05, 4.69) is 20.4 Å². The fourth-order valence-electron chi connectivity index (χ4n) is 2.94. The van der Waals surface area contributed by atoms with Crippen molar-refractivity contribution in [2.45, 2.75) is 13.8 Å². The number of halogens is 2. The van der Waals surface area contributed by atoms with E-state index in [0.717, 1.165) is 11.4 Å². The van der Waals surface area contributed by atoms with Crippen molar-refractivity contribution in [3.05, 3.63) is 87.9 Å². The third-order valence-corrected chi connectivity index (χ3v) is 4.83. The zero-order chi connectivity index (χ0) is 22.0. The summed E-state index contributed by atoms with van der Waals surface area (Å²) in [5.74, 6) is 0.872. The number of pyridine rings is 2. The molecule has 7 nitrogen and oxygen atoms in total. The fourth-order valence-corrected chi connectivity index (χ4v) is 3.36. The van der Waals surface area contributed by atoms with Gasteiger partial charge in [-0.05, 0) is 50.2 Å². The van der Waals surface area contributed by atoms with E-state index in [-0.39, 0.29) is 16.8 Å². The van der Waals surface area contributed by atoms with Crippen LogP contribution in [0.15, 0.2) is 60.9 Å². The molecule has 156 valence electrons. The number of para-hydroxylation sites is 2. The summed E-state index contributed by atoms with van der Waals surface area (Å²) in [5.41, 5.74) is 2.71. The lowest BCUT2D eigenvalue weighted by atomic mass is 10.2. The van der Waals surface area contributed by atoms with Crippen LogP contribution >= 0.6 is 23.2 Å². The van der Waals surface area contributed by atoms with E-state index >= 15 is 0 Å². The molecule has 0 unspecified atom stereocenters. The predicted octanol–water partition coefficient (Wildman–Crippen LogP) is 5.63. The Balaban J connectivity index is 1.53. The Morgan fingerprint density at radius 3 is 2.52 bits per heavy atom. The Labute approximate surface area is 188 Å². The molecular formula is C22H17Cl2N5O2. The van der Waals surface area contributed by atoms with Crippen molar-refractivity contribution in [2.24, 2.45) is 0 Å². The van der Waals surface area contributed by atoms with Gasteiger partial charge in [-0.1, -0.05) is 35.3 Å². The van der Waals surface area contributed by atoms with E-state index in [1.165, 1.54) is 18.5 Å². The molecule has 0 radical (unpaired) electrons. The molecule has 0 bridgehead atoms. The molecule has 1 N–H and O–H groups in total. The molecule has 0 aliphatic carbocycles. The van der Waals surface area contributed by atoms with Gasteiger partial charge in [-0.3, -0.25) is 4.79 Å². The first kappa shape index (κ1) is 20.8. The van der Waals surface area contributed by atoms with E-state index in [9.17, 15) is 4.79 Å². The van der Waals surface area contributed by atoms with Gasteiger partial charge in [-0.15, -0.1) is 0 Å². The van der Waals surface area contributed by atoms with E-state index < -0.39 is 0 Å². The molecule has 0 spiro atoms. The van der Waals surface area contributed by atoms with E-state index in [0.29, 0.717) is 27.8 Å². The van der Waals surface area contributed by atoms with Crippen LogP contribution in [0, 0.1) is 13.8 Å². The van der Waals surface area contributed by atoms with Crippen molar-refractivity contribution < 1.29 is 9.53 Å². The maximum absolute atomic E-state index is 12.8. The van der Waals surface area contributed by atoms with Crippen LogP contribution in [0.5, 0.6) is 11.6 Å². The Bertz CT molecular complexity index is 1260. The number of hydrogen-bond donors (Lipinski definition) is 1. The van der Waals surface area contributed by atoms with Gasteiger partial charge in [0, 0.05) is 18.1 Å². The fraction of sp³-hybridized carbons (Fsp3) is 0.0909. The van der Waals surface area contributed by atoms with Crippen molar-refractivity contribution in [3.8, 4) is 17.4 Å². The second kappa shape index (κ2) is 8.75. The van der Waals surface area contributed by atoms with Crippen LogP contribution in [-0.2, 0) is 0 Å². The van der Waals surface area contributed by atoms with Gasteiger partial charge in [0.2, 0.25) is 5.88 Å². The van der Waals surface area contributed by atoms with Gasteiger partial charge >= 0.3 is 0 Å². The predicted molar refractivity (Wildman–Crippen MR) is 120 cm³/mol. The Morgan fingerprint density at radius 1 is 1.03 bits per heavy atom. The average molecular weight is 454 g/mol. The number of anilines is 1. The number of nitrogens with one attached hydrogen (secondary N) is 1. The Morgan fingerprint density at radius 2 is 1.84 bits per heavy atom. The van der Waals surface area contributed by atoms with Crippen molar-refractivity contribution in [3.63, 3.8) is 0 Å². The van der Waals surface area contributed by atoms with E-state index in [4.69, 9.17) is 27.9 Å². The van der Waals surface area contributed by atoms with Gasteiger partial charge in [0.05, 0.1) is 22.0 Å². The molecule has 3 heterocycles. The van der Waals surface area contributed by atoms with E-state index in [1.807, 2.05) is 19.9 Å². The smallest absolute Gasteiger partial charge is 0.257 e. The van der Waals surface area contributed by atoms with Gasteiger partial charge in [-0.25, -0.2) is 14.6 Å². The van der Waals surface area contributed by atoms with Crippen LogP contribution in [-0.4, -0.2) is 25.7 Å². The largest absolute Gasteiger partial charge is 0.435 e. The molecular weight excluding hydrogens is 437 g/mol. The van der Waals surface area contributed by atoms with Gasteiger partial charge in [0.1, 0.15) is 5.02 Å².